The Kier molecular flexibility index (Phi) is 1.81. The summed E-state index contributed by atoms with van der Waals surface area (Å²) < 4.78 is 0. The van der Waals surface area contributed by atoms with E-state index in [0.717, 1.165) is 17.3 Å². The van der Waals surface area contributed by atoms with Gasteiger partial charge >= 0.3 is 0 Å². The maximum Gasteiger partial charge on any atom is 0.0956 e. The monoisotopic (exact) mass is 194 g/mol. The lowest BCUT2D eigenvalue weighted by molar-refractivity contribution is -0.510. The van der Waals surface area contributed by atoms with Crippen molar-refractivity contribution in [2.24, 2.45) is 17.3 Å². The highest BCUT2D eigenvalue weighted by molar-refractivity contribution is 5.07. The normalized spacial score (nSPS) is 55.3. The molecule has 4 aliphatic carbocycles. The Labute approximate surface area is 87.4 Å². The van der Waals surface area contributed by atoms with Crippen LogP contribution in [0.25, 0.3) is 0 Å². The molecule has 0 aromatic rings. The van der Waals surface area contributed by atoms with Crippen LogP contribution in [0.5, 0.6) is 0 Å². The molecule has 4 aliphatic rings. The lowest BCUT2D eigenvalue weighted by atomic mass is 9.46. The molecule has 0 unspecified atom stereocenters. The zero-order chi connectivity index (χ0) is 9.81. The third-order valence-electron chi connectivity index (χ3n) is 5.08. The van der Waals surface area contributed by atoms with Gasteiger partial charge in [0, 0.05) is 19.3 Å². The summed E-state index contributed by atoms with van der Waals surface area (Å²) in [5, 5.41) is 0. The van der Waals surface area contributed by atoms with Crippen molar-refractivity contribution < 1.29 is 5.73 Å². The minimum atomic E-state index is 0.513. The van der Waals surface area contributed by atoms with Crippen molar-refractivity contribution in [3.05, 3.63) is 0 Å². The van der Waals surface area contributed by atoms with Gasteiger partial charge in [0.25, 0.3) is 0 Å². The van der Waals surface area contributed by atoms with Gasteiger partial charge in [0.2, 0.25) is 0 Å². The van der Waals surface area contributed by atoms with E-state index in [0.29, 0.717) is 5.54 Å². The van der Waals surface area contributed by atoms with Crippen LogP contribution in [0.15, 0.2) is 0 Å². The van der Waals surface area contributed by atoms with E-state index in [-0.39, 0.29) is 0 Å². The Morgan fingerprint density at radius 1 is 1.14 bits per heavy atom. The third-order valence-corrected chi connectivity index (χ3v) is 5.08. The quantitative estimate of drug-likeness (QED) is 0.699. The average Bonchev–Trinajstić information content (AvgIpc) is 1.97. The summed E-state index contributed by atoms with van der Waals surface area (Å²) >= 11 is 0. The number of hydrogen-bond acceptors (Lipinski definition) is 0. The molecule has 4 saturated carbocycles. The molecule has 4 rings (SSSR count). The zero-order valence-corrected chi connectivity index (χ0v) is 9.52. The predicted molar refractivity (Wildman–Crippen MR) is 57.6 cm³/mol. The molecule has 0 saturated heterocycles. The van der Waals surface area contributed by atoms with Crippen molar-refractivity contribution in [1.29, 1.82) is 0 Å². The van der Waals surface area contributed by atoms with Crippen molar-refractivity contribution in [3.8, 4) is 0 Å². The average molecular weight is 194 g/mol. The molecule has 0 radical (unpaired) electrons. The minimum absolute atomic E-state index is 0.513. The van der Waals surface area contributed by atoms with E-state index in [4.69, 9.17) is 0 Å². The van der Waals surface area contributed by atoms with Crippen LogP contribution in [-0.4, -0.2) is 5.54 Å². The Bertz CT molecular complexity index is 232. The first-order chi connectivity index (χ1) is 6.63. The first-order valence-electron chi connectivity index (χ1n) is 6.49. The number of hydrogen-bond donors (Lipinski definition) is 1. The van der Waals surface area contributed by atoms with Gasteiger partial charge in [-0.05, 0) is 42.9 Å². The standard InChI is InChI=1S/C13H23N/c1-2-3-12-5-10-4-11(6-12)8-13(14,7-10)9-12/h10-11H,2-9,14H2,1H3/p+1/t10-,11-,12?,13?/m1/s1. The predicted octanol–water partition coefficient (Wildman–Crippen LogP) is 2.37. The molecule has 1 nitrogen and oxygen atoms in total. The topological polar surface area (TPSA) is 27.6 Å². The SMILES string of the molecule is CCCC12C[C@H]3C[C@@H](CC([NH3+])(C3)C1)C2. The largest absolute Gasteiger partial charge is 0.353 e. The molecule has 0 heterocycles. The first-order valence-corrected chi connectivity index (χ1v) is 6.49. The highest BCUT2D eigenvalue weighted by atomic mass is 14.8. The van der Waals surface area contributed by atoms with Gasteiger partial charge < -0.3 is 5.73 Å². The van der Waals surface area contributed by atoms with Crippen LogP contribution in [0, 0.1) is 17.3 Å². The van der Waals surface area contributed by atoms with Crippen LogP contribution in [0.2, 0.25) is 0 Å². The lowest BCUT2D eigenvalue weighted by Gasteiger charge is -2.59. The van der Waals surface area contributed by atoms with E-state index in [1.807, 2.05) is 0 Å². The Balaban J connectivity index is 1.89. The maximum absolute atomic E-state index is 4.56. The van der Waals surface area contributed by atoms with E-state index in [2.05, 4.69) is 12.7 Å². The Hall–Kier alpha value is -0.0400. The first kappa shape index (κ1) is 9.21. The second kappa shape index (κ2) is 2.75. The van der Waals surface area contributed by atoms with Crippen LogP contribution in [0.3, 0.4) is 0 Å². The molecule has 0 aromatic carbocycles. The van der Waals surface area contributed by atoms with Crippen LogP contribution < -0.4 is 5.73 Å². The van der Waals surface area contributed by atoms with E-state index < -0.39 is 0 Å². The Morgan fingerprint density at radius 3 is 2.29 bits per heavy atom. The summed E-state index contributed by atoms with van der Waals surface area (Å²) in [5.74, 6) is 2.11. The molecule has 0 spiro atoms. The summed E-state index contributed by atoms with van der Waals surface area (Å²) in [6.07, 6.45) is 11.9. The second-order valence-electron chi connectivity index (χ2n) is 6.71. The van der Waals surface area contributed by atoms with Gasteiger partial charge in [0.15, 0.2) is 0 Å². The fourth-order valence-corrected chi connectivity index (χ4v) is 5.47. The van der Waals surface area contributed by atoms with Crippen LogP contribution in [0.4, 0.5) is 0 Å². The second-order valence-corrected chi connectivity index (χ2v) is 6.71. The van der Waals surface area contributed by atoms with Gasteiger partial charge in [-0.3, -0.25) is 0 Å². The lowest BCUT2D eigenvalue weighted by Crippen LogP contribution is -2.79. The Morgan fingerprint density at radius 2 is 1.79 bits per heavy atom. The van der Waals surface area contributed by atoms with E-state index in [1.54, 1.807) is 19.3 Å². The molecule has 4 bridgehead atoms. The third kappa shape index (κ3) is 1.25. The molecule has 4 fully saturated rings. The van der Waals surface area contributed by atoms with Crippen molar-refractivity contribution in [2.75, 3.05) is 0 Å². The summed E-state index contributed by atoms with van der Waals surface area (Å²) in [5.41, 5.74) is 5.82. The number of rotatable bonds is 2. The summed E-state index contributed by atoms with van der Waals surface area (Å²) in [6, 6.07) is 0. The van der Waals surface area contributed by atoms with Crippen molar-refractivity contribution in [3.63, 3.8) is 0 Å². The van der Waals surface area contributed by atoms with E-state index >= 15 is 0 Å². The van der Waals surface area contributed by atoms with Crippen molar-refractivity contribution >= 4 is 0 Å². The van der Waals surface area contributed by atoms with Gasteiger partial charge in [0.1, 0.15) is 0 Å². The molecular weight excluding hydrogens is 170 g/mol. The smallest absolute Gasteiger partial charge is 0.0956 e. The van der Waals surface area contributed by atoms with Crippen LogP contribution in [-0.2, 0) is 0 Å². The van der Waals surface area contributed by atoms with E-state index in [9.17, 15) is 0 Å². The molecule has 2 atom stereocenters. The van der Waals surface area contributed by atoms with Gasteiger partial charge in [-0.25, -0.2) is 0 Å². The van der Waals surface area contributed by atoms with Crippen molar-refractivity contribution in [1.82, 2.24) is 0 Å². The maximum atomic E-state index is 4.56. The molecule has 0 amide bonds. The molecule has 14 heavy (non-hydrogen) atoms. The number of quaternary nitrogens is 1. The summed E-state index contributed by atoms with van der Waals surface area (Å²) in [6.45, 7) is 2.36. The molecule has 80 valence electrons. The molecule has 1 heteroatoms. The molecule has 0 aliphatic heterocycles. The summed E-state index contributed by atoms with van der Waals surface area (Å²) in [7, 11) is 0. The highest BCUT2D eigenvalue weighted by Gasteiger charge is 2.57. The van der Waals surface area contributed by atoms with Gasteiger partial charge in [0.05, 0.1) is 5.54 Å². The molecular formula is C13H24N+. The zero-order valence-electron chi connectivity index (χ0n) is 9.52. The van der Waals surface area contributed by atoms with Gasteiger partial charge in [-0.2, -0.15) is 0 Å². The highest BCUT2D eigenvalue weighted by Crippen LogP contribution is 2.61. The van der Waals surface area contributed by atoms with Gasteiger partial charge in [-0.1, -0.05) is 13.3 Å². The van der Waals surface area contributed by atoms with Crippen LogP contribution in [0.1, 0.15) is 58.3 Å². The minimum Gasteiger partial charge on any atom is -0.353 e. The summed E-state index contributed by atoms with van der Waals surface area (Å²) in [4.78, 5) is 0. The fourth-order valence-electron chi connectivity index (χ4n) is 5.47. The molecule has 3 N–H and O–H groups in total. The molecule has 0 aromatic heterocycles. The fraction of sp³-hybridized carbons (Fsp3) is 1.00. The van der Waals surface area contributed by atoms with Crippen molar-refractivity contribution in [2.45, 2.75) is 63.8 Å². The van der Waals surface area contributed by atoms with E-state index in [1.165, 1.54) is 32.1 Å². The van der Waals surface area contributed by atoms with Crippen LogP contribution >= 0.6 is 0 Å². The van der Waals surface area contributed by atoms with Gasteiger partial charge in [-0.15, -0.1) is 0 Å².